The predicted octanol–water partition coefficient (Wildman–Crippen LogP) is 7.34. The van der Waals surface area contributed by atoms with Gasteiger partial charge < -0.3 is 28.4 Å². The van der Waals surface area contributed by atoms with E-state index in [9.17, 15) is 4.79 Å². The Labute approximate surface area is 221 Å². The van der Waals surface area contributed by atoms with Crippen LogP contribution in [0.3, 0.4) is 0 Å². The van der Waals surface area contributed by atoms with Crippen LogP contribution in [0.15, 0.2) is 69.5 Å². The molecule has 1 N–H and O–H groups in total. The lowest BCUT2D eigenvalue weighted by atomic mass is 10.2. The maximum absolute atomic E-state index is 12.8. The van der Waals surface area contributed by atoms with Gasteiger partial charge in [0.2, 0.25) is 11.6 Å². The molecule has 0 spiro atoms. The van der Waals surface area contributed by atoms with Gasteiger partial charge in [0.25, 0.3) is 5.91 Å². The molecule has 5 rings (SSSR count). The second-order valence-corrected chi connectivity index (χ2v) is 8.70. The molecule has 1 amide bonds. The Balaban J connectivity index is 1.40. The van der Waals surface area contributed by atoms with Crippen molar-refractivity contribution in [3.05, 3.63) is 76.5 Å². The van der Waals surface area contributed by atoms with Crippen molar-refractivity contribution in [2.75, 3.05) is 26.6 Å². The number of carbonyl (C=O) groups is 1. The summed E-state index contributed by atoms with van der Waals surface area (Å²) in [5.41, 5.74) is 2.83. The summed E-state index contributed by atoms with van der Waals surface area (Å²) in [6.07, 6.45) is 0. The Hall–Kier alpha value is -4.14. The highest BCUT2D eigenvalue weighted by Gasteiger charge is 2.19. The highest BCUT2D eigenvalue weighted by atomic mass is 35.5. The number of amides is 1. The van der Waals surface area contributed by atoms with Gasteiger partial charge in [0.15, 0.2) is 22.8 Å². The molecule has 0 aliphatic carbocycles. The number of nitrogens with one attached hydrogen (secondary N) is 1. The van der Waals surface area contributed by atoms with Crippen molar-refractivity contribution in [3.63, 3.8) is 0 Å². The molecular formula is C27H20Cl2N2O6. The number of hydrogen-bond donors (Lipinski definition) is 1. The summed E-state index contributed by atoms with van der Waals surface area (Å²) in [5, 5.41) is 3.78. The first-order valence-electron chi connectivity index (χ1n) is 11.0. The smallest absolute Gasteiger partial charge is 0.291 e. The van der Waals surface area contributed by atoms with Gasteiger partial charge in [-0.15, -0.1) is 0 Å². The number of anilines is 1. The molecule has 0 aliphatic rings. The first kappa shape index (κ1) is 24.5. The zero-order valence-electron chi connectivity index (χ0n) is 19.9. The topological polar surface area (TPSA) is 96.0 Å². The van der Waals surface area contributed by atoms with Crippen molar-refractivity contribution in [1.82, 2.24) is 4.98 Å². The van der Waals surface area contributed by atoms with E-state index in [-0.39, 0.29) is 5.76 Å². The number of carbonyl (C=O) groups excluding carboxylic acids is 1. The lowest BCUT2D eigenvalue weighted by Crippen LogP contribution is -2.10. The highest BCUT2D eigenvalue weighted by molar-refractivity contribution is 6.35. The van der Waals surface area contributed by atoms with E-state index in [0.29, 0.717) is 66.9 Å². The quantitative estimate of drug-likeness (QED) is 0.231. The molecule has 3 aromatic carbocycles. The summed E-state index contributed by atoms with van der Waals surface area (Å²) < 4.78 is 27.9. The number of fused-ring (bicyclic) bond motifs is 1. The molecule has 8 nitrogen and oxygen atoms in total. The third kappa shape index (κ3) is 4.81. The van der Waals surface area contributed by atoms with Gasteiger partial charge in [0, 0.05) is 21.8 Å². The van der Waals surface area contributed by atoms with Crippen molar-refractivity contribution >= 4 is 45.9 Å². The van der Waals surface area contributed by atoms with Gasteiger partial charge >= 0.3 is 0 Å². The molecule has 37 heavy (non-hydrogen) atoms. The number of nitrogens with zero attached hydrogens (tertiary/aromatic N) is 1. The molecule has 0 aliphatic heterocycles. The van der Waals surface area contributed by atoms with Crippen LogP contribution in [-0.2, 0) is 0 Å². The standard InChI is InChI=1S/C27H20Cl2N2O6/c1-33-23-10-14(11-24(34-2)25(23)35-3)27-31-19-13-16(5-7-21(19)37-27)30-26(32)22-9-8-20(36-22)17-12-15(28)4-6-18(17)29/h4-13H,1-3H3,(H,30,32). The SMILES string of the molecule is COc1cc(-c2nc3cc(NC(=O)c4ccc(-c5cc(Cl)ccc5Cl)o4)ccc3o2)cc(OC)c1OC. The maximum Gasteiger partial charge on any atom is 0.291 e. The van der Waals surface area contributed by atoms with Gasteiger partial charge in [0.1, 0.15) is 11.3 Å². The summed E-state index contributed by atoms with van der Waals surface area (Å²) >= 11 is 12.3. The fourth-order valence-corrected chi connectivity index (χ4v) is 4.20. The van der Waals surface area contributed by atoms with Crippen LogP contribution in [0.25, 0.3) is 33.9 Å². The summed E-state index contributed by atoms with van der Waals surface area (Å²) in [6, 6.07) is 16.9. The van der Waals surface area contributed by atoms with E-state index < -0.39 is 5.91 Å². The first-order valence-corrected chi connectivity index (χ1v) is 11.7. The molecule has 0 unspecified atom stereocenters. The Bertz CT molecular complexity index is 1600. The number of benzene rings is 3. The van der Waals surface area contributed by atoms with E-state index in [1.54, 1.807) is 60.7 Å². The van der Waals surface area contributed by atoms with Gasteiger partial charge in [0.05, 0.1) is 26.4 Å². The minimum atomic E-state index is -0.433. The van der Waals surface area contributed by atoms with Crippen molar-refractivity contribution in [3.8, 4) is 40.0 Å². The highest BCUT2D eigenvalue weighted by Crippen LogP contribution is 2.41. The Morgan fingerprint density at radius 1 is 0.865 bits per heavy atom. The molecular weight excluding hydrogens is 519 g/mol. The fraction of sp³-hybridized carbons (Fsp3) is 0.111. The lowest BCUT2D eigenvalue weighted by Gasteiger charge is -2.12. The molecule has 2 aromatic heterocycles. The van der Waals surface area contributed by atoms with Crippen molar-refractivity contribution in [2.24, 2.45) is 0 Å². The largest absolute Gasteiger partial charge is 0.493 e. The van der Waals surface area contributed by atoms with Crippen LogP contribution < -0.4 is 19.5 Å². The fourth-order valence-electron chi connectivity index (χ4n) is 3.82. The molecule has 10 heteroatoms. The molecule has 0 fully saturated rings. The zero-order valence-corrected chi connectivity index (χ0v) is 21.4. The minimum absolute atomic E-state index is 0.115. The van der Waals surface area contributed by atoms with E-state index >= 15 is 0 Å². The summed E-state index contributed by atoms with van der Waals surface area (Å²) in [6.45, 7) is 0. The van der Waals surface area contributed by atoms with E-state index in [0.717, 1.165) is 0 Å². The number of rotatable bonds is 7. The molecule has 5 aromatic rings. The molecule has 0 saturated carbocycles. The molecule has 0 saturated heterocycles. The van der Waals surface area contributed by atoms with Gasteiger partial charge in [-0.05, 0) is 60.7 Å². The number of furan rings is 1. The van der Waals surface area contributed by atoms with Gasteiger partial charge in [-0.3, -0.25) is 4.79 Å². The predicted molar refractivity (Wildman–Crippen MR) is 141 cm³/mol. The third-order valence-corrected chi connectivity index (χ3v) is 6.15. The third-order valence-electron chi connectivity index (χ3n) is 5.58. The second-order valence-electron chi connectivity index (χ2n) is 7.86. The van der Waals surface area contributed by atoms with E-state index in [1.807, 2.05) is 0 Å². The molecule has 2 heterocycles. The minimum Gasteiger partial charge on any atom is -0.493 e. The van der Waals surface area contributed by atoms with Crippen LogP contribution in [0.1, 0.15) is 10.6 Å². The monoisotopic (exact) mass is 538 g/mol. The number of aromatic nitrogens is 1. The van der Waals surface area contributed by atoms with Crippen LogP contribution in [0, 0.1) is 0 Å². The van der Waals surface area contributed by atoms with Crippen LogP contribution in [0.5, 0.6) is 17.2 Å². The molecule has 0 bridgehead atoms. The summed E-state index contributed by atoms with van der Waals surface area (Å²) in [5.74, 6) is 1.88. The van der Waals surface area contributed by atoms with Crippen LogP contribution in [0.4, 0.5) is 5.69 Å². The van der Waals surface area contributed by atoms with E-state index in [4.69, 9.17) is 46.2 Å². The number of halogens is 2. The first-order chi connectivity index (χ1) is 17.9. The average Bonchev–Trinajstić information content (AvgIpc) is 3.56. The number of methoxy groups -OCH3 is 3. The van der Waals surface area contributed by atoms with E-state index in [2.05, 4.69) is 10.3 Å². The van der Waals surface area contributed by atoms with Gasteiger partial charge in [-0.2, -0.15) is 0 Å². The van der Waals surface area contributed by atoms with Gasteiger partial charge in [-0.1, -0.05) is 23.2 Å². The van der Waals surface area contributed by atoms with Crippen molar-refractivity contribution < 1.29 is 27.8 Å². The number of oxazole rings is 1. The Kier molecular flexibility index (Phi) is 6.69. The number of hydrogen-bond acceptors (Lipinski definition) is 7. The van der Waals surface area contributed by atoms with E-state index in [1.165, 1.54) is 21.3 Å². The Morgan fingerprint density at radius 3 is 2.32 bits per heavy atom. The summed E-state index contributed by atoms with van der Waals surface area (Å²) in [4.78, 5) is 17.4. The second kappa shape index (κ2) is 10.1. The lowest BCUT2D eigenvalue weighted by molar-refractivity contribution is 0.0997. The van der Waals surface area contributed by atoms with Crippen LogP contribution >= 0.6 is 23.2 Å². The molecule has 0 atom stereocenters. The number of ether oxygens (including phenoxy) is 3. The van der Waals surface area contributed by atoms with Crippen LogP contribution in [0.2, 0.25) is 10.0 Å². The zero-order chi connectivity index (χ0) is 26.1. The average molecular weight is 539 g/mol. The Morgan fingerprint density at radius 2 is 1.62 bits per heavy atom. The van der Waals surface area contributed by atoms with Crippen LogP contribution in [-0.4, -0.2) is 32.2 Å². The molecule has 188 valence electrons. The summed E-state index contributed by atoms with van der Waals surface area (Å²) in [7, 11) is 4.60. The van der Waals surface area contributed by atoms with Crippen molar-refractivity contribution in [1.29, 1.82) is 0 Å². The normalized spacial score (nSPS) is 10.9. The maximum atomic E-state index is 12.8. The van der Waals surface area contributed by atoms with Gasteiger partial charge in [-0.25, -0.2) is 4.98 Å². The molecule has 0 radical (unpaired) electrons. The van der Waals surface area contributed by atoms with Crippen molar-refractivity contribution in [2.45, 2.75) is 0 Å².